The van der Waals surface area contributed by atoms with E-state index < -0.39 is 11.8 Å². The number of thioether (sulfide) groups is 1. The highest BCUT2D eigenvalue weighted by molar-refractivity contribution is 9.10. The van der Waals surface area contributed by atoms with Crippen LogP contribution < -0.4 is 25.4 Å². The summed E-state index contributed by atoms with van der Waals surface area (Å²) in [6, 6.07) is 28.3. The number of methoxy groups -OCH3 is 2. The van der Waals surface area contributed by atoms with Crippen molar-refractivity contribution in [3.8, 4) is 11.5 Å². The van der Waals surface area contributed by atoms with E-state index in [9.17, 15) is 14.4 Å². The third kappa shape index (κ3) is 8.73. The molecule has 8 nitrogen and oxygen atoms in total. The van der Waals surface area contributed by atoms with Gasteiger partial charge in [0.2, 0.25) is 5.91 Å². The van der Waals surface area contributed by atoms with Gasteiger partial charge in [-0.3, -0.25) is 14.4 Å². The number of benzene rings is 4. The standard InChI is InChI=1S/C32H28BrN3O5S/c1-40-25-13-16-29(41-2)27(19-25)35-30(37)20-42-26-14-11-24(12-15-26)34-32(39)28(18-21-7-6-10-23(33)17-21)36-31(38)22-8-4-3-5-9-22/h3-19H,20H2,1-2H3,(H,34,39)(H,35,37)(H,36,38)/b28-18-. The Labute approximate surface area is 256 Å². The van der Waals surface area contributed by atoms with Crippen LogP contribution in [0.25, 0.3) is 6.08 Å². The molecule has 0 heterocycles. The van der Waals surface area contributed by atoms with Gasteiger partial charge < -0.3 is 25.4 Å². The number of carbonyl (C=O) groups excluding carboxylic acids is 3. The lowest BCUT2D eigenvalue weighted by molar-refractivity contribution is -0.114. The van der Waals surface area contributed by atoms with Crippen molar-refractivity contribution in [3.05, 3.63) is 118 Å². The molecular formula is C32H28BrN3O5S. The Morgan fingerprint density at radius 2 is 1.60 bits per heavy atom. The van der Waals surface area contributed by atoms with Crippen LogP contribution in [0.5, 0.6) is 11.5 Å². The molecule has 0 radical (unpaired) electrons. The van der Waals surface area contributed by atoms with Gasteiger partial charge in [-0.15, -0.1) is 11.8 Å². The lowest BCUT2D eigenvalue weighted by Gasteiger charge is -2.12. The quantitative estimate of drug-likeness (QED) is 0.125. The van der Waals surface area contributed by atoms with E-state index in [1.807, 2.05) is 30.3 Å². The van der Waals surface area contributed by atoms with Crippen LogP contribution in [0.4, 0.5) is 11.4 Å². The largest absolute Gasteiger partial charge is 0.497 e. The summed E-state index contributed by atoms with van der Waals surface area (Å²) in [6.45, 7) is 0. The Morgan fingerprint density at radius 3 is 2.29 bits per heavy atom. The minimum atomic E-state index is -0.480. The van der Waals surface area contributed by atoms with Gasteiger partial charge in [0.05, 0.1) is 25.7 Å². The van der Waals surface area contributed by atoms with E-state index in [0.29, 0.717) is 28.4 Å². The van der Waals surface area contributed by atoms with Crippen LogP contribution in [0.1, 0.15) is 15.9 Å². The summed E-state index contributed by atoms with van der Waals surface area (Å²) >= 11 is 4.78. The van der Waals surface area contributed by atoms with E-state index in [0.717, 1.165) is 14.9 Å². The van der Waals surface area contributed by atoms with E-state index in [1.54, 1.807) is 79.9 Å². The van der Waals surface area contributed by atoms with Crippen molar-refractivity contribution in [1.29, 1.82) is 0 Å². The summed E-state index contributed by atoms with van der Waals surface area (Å²) in [5.74, 6) is 0.209. The van der Waals surface area contributed by atoms with Gasteiger partial charge in [-0.25, -0.2) is 0 Å². The molecule has 0 aliphatic rings. The number of anilines is 2. The summed E-state index contributed by atoms with van der Waals surface area (Å²) in [4.78, 5) is 39.5. The summed E-state index contributed by atoms with van der Waals surface area (Å²) in [5, 5.41) is 8.41. The lowest BCUT2D eigenvalue weighted by Crippen LogP contribution is -2.30. The number of rotatable bonds is 11. The molecule has 0 fully saturated rings. The van der Waals surface area contributed by atoms with E-state index in [-0.39, 0.29) is 17.4 Å². The third-order valence-electron chi connectivity index (χ3n) is 5.85. The predicted octanol–water partition coefficient (Wildman–Crippen LogP) is 6.61. The Kier molecular flexibility index (Phi) is 10.8. The van der Waals surface area contributed by atoms with Gasteiger partial charge in [0.1, 0.15) is 17.2 Å². The Balaban J connectivity index is 1.40. The monoisotopic (exact) mass is 645 g/mol. The Bertz CT molecular complexity index is 1590. The molecule has 0 aromatic heterocycles. The van der Waals surface area contributed by atoms with Gasteiger partial charge >= 0.3 is 0 Å². The lowest BCUT2D eigenvalue weighted by atomic mass is 10.1. The van der Waals surface area contributed by atoms with Crippen LogP contribution in [0.15, 0.2) is 112 Å². The summed E-state index contributed by atoms with van der Waals surface area (Å²) in [5.41, 5.74) is 2.31. The fourth-order valence-corrected chi connectivity index (χ4v) is 4.90. The second kappa shape index (κ2) is 14.9. The summed E-state index contributed by atoms with van der Waals surface area (Å²) < 4.78 is 11.4. The third-order valence-corrected chi connectivity index (χ3v) is 7.36. The van der Waals surface area contributed by atoms with Gasteiger partial charge in [0.25, 0.3) is 11.8 Å². The SMILES string of the molecule is COc1ccc(OC)c(NC(=O)CSc2ccc(NC(=O)/C(=C/c3cccc(Br)c3)NC(=O)c3ccccc3)cc2)c1. The van der Waals surface area contributed by atoms with E-state index in [2.05, 4.69) is 31.9 Å². The maximum Gasteiger partial charge on any atom is 0.272 e. The summed E-state index contributed by atoms with van der Waals surface area (Å²) in [6.07, 6.45) is 1.61. The Hall–Kier alpha value is -4.54. The maximum atomic E-state index is 13.3. The minimum Gasteiger partial charge on any atom is -0.497 e. The fraction of sp³-hybridized carbons (Fsp3) is 0.0938. The molecule has 0 atom stereocenters. The minimum absolute atomic E-state index is 0.0880. The Morgan fingerprint density at radius 1 is 0.833 bits per heavy atom. The molecule has 0 saturated carbocycles. The van der Waals surface area contributed by atoms with Crippen molar-refractivity contribution in [3.63, 3.8) is 0 Å². The highest BCUT2D eigenvalue weighted by Crippen LogP contribution is 2.29. The van der Waals surface area contributed by atoms with Crippen LogP contribution in [0.3, 0.4) is 0 Å². The second-order valence-electron chi connectivity index (χ2n) is 8.81. The molecule has 4 aromatic carbocycles. The summed E-state index contributed by atoms with van der Waals surface area (Å²) in [7, 11) is 3.08. The van der Waals surface area contributed by atoms with Crippen molar-refractivity contribution in [1.82, 2.24) is 5.32 Å². The smallest absolute Gasteiger partial charge is 0.272 e. The van der Waals surface area contributed by atoms with E-state index in [4.69, 9.17) is 9.47 Å². The van der Waals surface area contributed by atoms with Crippen LogP contribution in [-0.4, -0.2) is 37.7 Å². The first kappa shape index (κ1) is 30.4. The molecule has 3 N–H and O–H groups in total. The topological polar surface area (TPSA) is 106 Å². The van der Waals surface area contributed by atoms with Crippen molar-refractivity contribution < 1.29 is 23.9 Å². The van der Waals surface area contributed by atoms with Gasteiger partial charge in [0.15, 0.2) is 0 Å². The number of hydrogen-bond donors (Lipinski definition) is 3. The molecule has 0 aliphatic heterocycles. The number of nitrogens with one attached hydrogen (secondary N) is 3. The molecule has 0 bridgehead atoms. The van der Waals surface area contributed by atoms with Crippen molar-refractivity contribution in [2.45, 2.75) is 4.90 Å². The second-order valence-corrected chi connectivity index (χ2v) is 10.8. The van der Waals surface area contributed by atoms with Gasteiger partial charge in [-0.1, -0.05) is 46.3 Å². The normalized spacial score (nSPS) is 10.9. The molecular weight excluding hydrogens is 618 g/mol. The molecule has 0 spiro atoms. The highest BCUT2D eigenvalue weighted by Gasteiger charge is 2.16. The number of halogens is 1. The van der Waals surface area contributed by atoms with Crippen molar-refractivity contribution in [2.75, 3.05) is 30.6 Å². The first-order valence-electron chi connectivity index (χ1n) is 12.7. The molecule has 0 aliphatic carbocycles. The van der Waals surface area contributed by atoms with Crippen molar-refractivity contribution >= 4 is 62.9 Å². The van der Waals surface area contributed by atoms with Crippen LogP contribution in [0.2, 0.25) is 0 Å². The fourth-order valence-electron chi connectivity index (χ4n) is 3.79. The zero-order chi connectivity index (χ0) is 29.9. The molecule has 3 amide bonds. The van der Waals surface area contributed by atoms with Gasteiger partial charge in [0, 0.05) is 26.7 Å². The number of ether oxygens (including phenoxy) is 2. The number of carbonyl (C=O) groups is 3. The van der Waals surface area contributed by atoms with Crippen LogP contribution >= 0.6 is 27.7 Å². The molecule has 0 unspecified atom stereocenters. The van der Waals surface area contributed by atoms with Gasteiger partial charge in [-0.2, -0.15) is 0 Å². The average molecular weight is 647 g/mol. The van der Waals surface area contributed by atoms with Crippen LogP contribution in [0, 0.1) is 0 Å². The average Bonchev–Trinajstić information content (AvgIpc) is 3.00. The molecule has 10 heteroatoms. The molecule has 4 aromatic rings. The first-order chi connectivity index (χ1) is 20.3. The zero-order valence-electron chi connectivity index (χ0n) is 22.8. The number of amides is 3. The highest BCUT2D eigenvalue weighted by atomic mass is 79.9. The molecule has 0 saturated heterocycles. The van der Waals surface area contributed by atoms with E-state index in [1.165, 1.54) is 18.9 Å². The van der Waals surface area contributed by atoms with Crippen LogP contribution in [-0.2, 0) is 9.59 Å². The number of hydrogen-bond acceptors (Lipinski definition) is 6. The maximum absolute atomic E-state index is 13.3. The molecule has 42 heavy (non-hydrogen) atoms. The van der Waals surface area contributed by atoms with Crippen molar-refractivity contribution in [2.24, 2.45) is 0 Å². The first-order valence-corrected chi connectivity index (χ1v) is 14.5. The molecule has 214 valence electrons. The van der Waals surface area contributed by atoms with E-state index >= 15 is 0 Å². The zero-order valence-corrected chi connectivity index (χ0v) is 25.3. The molecule has 4 rings (SSSR count). The predicted molar refractivity (Wildman–Crippen MR) is 170 cm³/mol. The van der Waals surface area contributed by atoms with Gasteiger partial charge in [-0.05, 0) is 72.3 Å².